The third-order valence-electron chi connectivity index (χ3n) is 11.7. The molecule has 3 aliphatic rings. The molecule has 9 heteroatoms. The number of aliphatic hydroxyl groups excluding tert-OH is 1. The molecule has 9 rings (SSSR count). The summed E-state index contributed by atoms with van der Waals surface area (Å²) in [7, 11) is 1.66. The third kappa shape index (κ3) is 6.20. The number of ether oxygens (including phenoxy) is 4. The first-order valence-electron chi connectivity index (χ1n) is 19.2. The molecule has 2 heterocycles. The van der Waals surface area contributed by atoms with Gasteiger partial charge in [-0.3, -0.25) is 0 Å². The zero-order chi connectivity index (χ0) is 39.5. The molecule has 1 saturated heterocycles. The van der Waals surface area contributed by atoms with Crippen LogP contribution < -0.4 is 19.1 Å². The lowest BCUT2D eigenvalue weighted by molar-refractivity contribution is -0.137. The summed E-state index contributed by atoms with van der Waals surface area (Å²) in [5, 5.41) is 11.3. The molecular formula is C48H42F3NO5. The minimum atomic E-state index is -4.40. The quantitative estimate of drug-likeness (QED) is 0.166. The van der Waals surface area contributed by atoms with E-state index in [0.717, 1.165) is 97.5 Å². The molecule has 1 fully saturated rings. The van der Waals surface area contributed by atoms with Gasteiger partial charge in [-0.25, -0.2) is 0 Å². The van der Waals surface area contributed by atoms with E-state index in [0.29, 0.717) is 24.7 Å². The van der Waals surface area contributed by atoms with Gasteiger partial charge in [-0.15, -0.1) is 0 Å². The molecule has 0 spiro atoms. The summed E-state index contributed by atoms with van der Waals surface area (Å²) in [6.45, 7) is 7.55. The number of aliphatic hydroxyl groups is 1. The Balaban J connectivity index is 1.21. The number of hydrogen-bond acceptors (Lipinski definition) is 6. The highest BCUT2D eigenvalue weighted by Crippen LogP contribution is 2.59. The highest BCUT2D eigenvalue weighted by Gasteiger charge is 2.44. The highest BCUT2D eigenvalue weighted by atomic mass is 19.4. The van der Waals surface area contributed by atoms with Gasteiger partial charge >= 0.3 is 6.18 Å². The first-order chi connectivity index (χ1) is 27.5. The summed E-state index contributed by atoms with van der Waals surface area (Å²) in [5.74, 6) is 2.07. The normalized spacial score (nSPS) is 18.1. The van der Waals surface area contributed by atoms with Crippen molar-refractivity contribution in [3.63, 3.8) is 0 Å². The Hall–Kier alpha value is -5.77. The number of benzene rings is 6. The van der Waals surface area contributed by atoms with Crippen LogP contribution in [0.25, 0.3) is 39.1 Å². The number of hydrogen-bond donors (Lipinski definition) is 1. The molecule has 6 nitrogen and oxygen atoms in total. The van der Waals surface area contributed by atoms with E-state index < -0.39 is 22.8 Å². The number of anilines is 1. The first-order valence-corrected chi connectivity index (χ1v) is 19.2. The predicted octanol–water partition coefficient (Wildman–Crippen LogP) is 10.4. The minimum absolute atomic E-state index is 0.0821. The van der Waals surface area contributed by atoms with Crippen LogP contribution in [0.1, 0.15) is 47.2 Å². The van der Waals surface area contributed by atoms with Crippen molar-refractivity contribution in [2.24, 2.45) is 0 Å². The topological polar surface area (TPSA) is 60.4 Å². The molecule has 290 valence electrons. The zero-order valence-electron chi connectivity index (χ0n) is 32.0. The van der Waals surface area contributed by atoms with E-state index in [-0.39, 0.29) is 13.2 Å². The van der Waals surface area contributed by atoms with Gasteiger partial charge in [0.1, 0.15) is 23.9 Å². The Morgan fingerprint density at radius 2 is 1.44 bits per heavy atom. The molecule has 1 aliphatic carbocycles. The van der Waals surface area contributed by atoms with Crippen LogP contribution in [0.2, 0.25) is 0 Å². The Labute approximate surface area is 329 Å². The number of alkyl halides is 3. The summed E-state index contributed by atoms with van der Waals surface area (Å²) in [6, 6.07) is 34.0. The fraction of sp³-hybridized carbons (Fsp3) is 0.250. The van der Waals surface area contributed by atoms with Crippen molar-refractivity contribution in [3.8, 4) is 39.5 Å². The molecule has 6 aromatic carbocycles. The van der Waals surface area contributed by atoms with Crippen molar-refractivity contribution in [2.75, 3.05) is 51.5 Å². The Morgan fingerprint density at radius 1 is 0.772 bits per heavy atom. The second-order valence-corrected chi connectivity index (χ2v) is 15.3. The standard InChI is InChI=1S/C48H42F3NO5/c1-46(2)42-28-31(30-4-7-34(8-5-30)48(49,50)51)6-18-39(42)43-38-19-17-37(54-3)29-41(38)45-40(44(43)46)20-21-47(57-45,33-11-15-36(16-12-33)56-27-24-53)32-9-13-35(14-10-32)52-22-25-55-26-23-52/h4-21,28-29,53H,22-27H2,1-3H3. The number of morpholine rings is 1. The highest BCUT2D eigenvalue weighted by molar-refractivity contribution is 6.09. The van der Waals surface area contributed by atoms with E-state index in [9.17, 15) is 18.3 Å². The summed E-state index contributed by atoms with van der Waals surface area (Å²) in [6.07, 6.45) is -0.0741. The van der Waals surface area contributed by atoms with Gasteiger partial charge in [0.15, 0.2) is 5.60 Å². The Bertz CT molecular complexity index is 2500. The zero-order valence-corrected chi connectivity index (χ0v) is 32.0. The molecule has 0 amide bonds. The van der Waals surface area contributed by atoms with Gasteiger partial charge in [0.2, 0.25) is 0 Å². The van der Waals surface area contributed by atoms with Crippen molar-refractivity contribution in [2.45, 2.75) is 31.0 Å². The maximum Gasteiger partial charge on any atom is 0.416 e. The Morgan fingerprint density at radius 3 is 2.11 bits per heavy atom. The predicted molar refractivity (Wildman–Crippen MR) is 217 cm³/mol. The fourth-order valence-corrected chi connectivity index (χ4v) is 8.80. The monoisotopic (exact) mass is 769 g/mol. The van der Waals surface area contributed by atoms with Gasteiger partial charge in [0.05, 0.1) is 32.5 Å². The molecule has 57 heavy (non-hydrogen) atoms. The summed E-state index contributed by atoms with van der Waals surface area (Å²) in [4.78, 5) is 2.33. The number of fused-ring (bicyclic) bond motifs is 8. The van der Waals surface area contributed by atoms with Gasteiger partial charge in [0.25, 0.3) is 0 Å². The van der Waals surface area contributed by atoms with Crippen LogP contribution in [0.5, 0.6) is 17.2 Å². The van der Waals surface area contributed by atoms with Gasteiger partial charge in [-0.1, -0.05) is 68.5 Å². The van der Waals surface area contributed by atoms with Gasteiger partial charge in [0, 0.05) is 46.3 Å². The fourth-order valence-electron chi connectivity index (χ4n) is 8.80. The van der Waals surface area contributed by atoms with Crippen LogP contribution in [0.4, 0.5) is 18.9 Å². The number of methoxy groups -OCH3 is 1. The summed E-state index contributed by atoms with van der Waals surface area (Å²) in [5.41, 5.74) is 7.69. The molecule has 0 aromatic heterocycles. The van der Waals surface area contributed by atoms with Gasteiger partial charge < -0.3 is 29.0 Å². The molecule has 0 saturated carbocycles. The van der Waals surface area contributed by atoms with Crippen LogP contribution in [-0.2, 0) is 21.9 Å². The molecule has 1 unspecified atom stereocenters. The number of nitrogens with zero attached hydrogens (tertiary/aromatic N) is 1. The van der Waals surface area contributed by atoms with Crippen LogP contribution >= 0.6 is 0 Å². The first kappa shape index (κ1) is 36.8. The Kier molecular flexibility index (Phi) is 9.05. The average molecular weight is 770 g/mol. The average Bonchev–Trinajstić information content (AvgIpc) is 3.48. The van der Waals surface area contributed by atoms with Crippen LogP contribution in [0, 0.1) is 0 Å². The van der Waals surface area contributed by atoms with E-state index in [4.69, 9.17) is 18.9 Å². The van der Waals surface area contributed by atoms with E-state index in [1.165, 1.54) is 12.1 Å². The second kappa shape index (κ2) is 14.0. The smallest absolute Gasteiger partial charge is 0.416 e. The van der Waals surface area contributed by atoms with Crippen LogP contribution in [0.15, 0.2) is 115 Å². The molecule has 6 aromatic rings. The van der Waals surface area contributed by atoms with Crippen LogP contribution in [-0.4, -0.2) is 51.7 Å². The largest absolute Gasteiger partial charge is 0.497 e. The second-order valence-electron chi connectivity index (χ2n) is 15.3. The van der Waals surface area contributed by atoms with Crippen molar-refractivity contribution >= 4 is 22.5 Å². The van der Waals surface area contributed by atoms with E-state index in [1.54, 1.807) is 7.11 Å². The maximum atomic E-state index is 13.4. The van der Waals surface area contributed by atoms with Crippen molar-refractivity contribution < 1.29 is 37.2 Å². The molecule has 0 radical (unpaired) electrons. The van der Waals surface area contributed by atoms with Crippen molar-refractivity contribution in [1.29, 1.82) is 0 Å². The SMILES string of the molecule is COc1ccc2c3c(c4c(c2c1)OC(c1ccc(OCCO)cc1)(c1ccc(N2CCOCC2)cc1)C=C4)C(C)(C)c1cc(-c2ccc(C(F)(F)F)cc2)ccc1-3. The summed E-state index contributed by atoms with van der Waals surface area (Å²) >= 11 is 0. The lowest BCUT2D eigenvalue weighted by Gasteiger charge is -2.39. The minimum Gasteiger partial charge on any atom is -0.497 e. The lowest BCUT2D eigenvalue weighted by Crippen LogP contribution is -2.37. The number of halogens is 3. The van der Waals surface area contributed by atoms with Crippen LogP contribution in [0.3, 0.4) is 0 Å². The molecule has 1 atom stereocenters. The molecule has 0 bridgehead atoms. The molecule has 1 N–H and O–H groups in total. The van der Waals surface area contributed by atoms with Crippen molar-refractivity contribution in [1.82, 2.24) is 0 Å². The van der Waals surface area contributed by atoms with E-state index in [1.807, 2.05) is 42.5 Å². The van der Waals surface area contributed by atoms with Gasteiger partial charge in [-0.2, -0.15) is 13.2 Å². The van der Waals surface area contributed by atoms with Crippen molar-refractivity contribution in [3.05, 3.63) is 149 Å². The van der Waals surface area contributed by atoms with E-state index in [2.05, 4.69) is 73.4 Å². The van der Waals surface area contributed by atoms with Gasteiger partial charge in [-0.05, 0) is 106 Å². The molecular weight excluding hydrogens is 728 g/mol. The molecule has 2 aliphatic heterocycles. The van der Waals surface area contributed by atoms with E-state index >= 15 is 0 Å². The lowest BCUT2D eigenvalue weighted by atomic mass is 9.76. The third-order valence-corrected chi connectivity index (χ3v) is 11.7. The maximum absolute atomic E-state index is 13.4. The summed E-state index contributed by atoms with van der Waals surface area (Å²) < 4.78 is 64.9. The number of rotatable bonds is 8.